The monoisotopic (exact) mass is 500 g/mol. The van der Waals surface area contributed by atoms with Crippen LogP contribution in [0.5, 0.6) is 0 Å². The van der Waals surface area contributed by atoms with E-state index in [1.54, 1.807) is 13.3 Å². The quantitative estimate of drug-likeness (QED) is 0.675. The van der Waals surface area contributed by atoms with E-state index in [4.69, 9.17) is 25.8 Å². The predicted octanol–water partition coefficient (Wildman–Crippen LogP) is 3.18. The van der Waals surface area contributed by atoms with Gasteiger partial charge in [-0.3, -0.25) is 9.69 Å². The highest BCUT2D eigenvalue weighted by Gasteiger charge is 2.58. The third-order valence-corrected chi connectivity index (χ3v) is 8.76. The van der Waals surface area contributed by atoms with E-state index in [0.29, 0.717) is 18.5 Å². The number of carbonyl (C=O) groups excluding carboxylic acids is 1. The molecule has 3 saturated heterocycles. The smallest absolute Gasteiger partial charge is 0.229 e. The molecule has 4 heterocycles. The lowest BCUT2D eigenvalue weighted by molar-refractivity contribution is -0.118. The number of piperazine rings is 1. The number of pyridine rings is 1. The van der Waals surface area contributed by atoms with Crippen LogP contribution >= 0.6 is 11.6 Å². The molecule has 1 aromatic heterocycles. The molecule has 1 N–H and O–H groups in total. The van der Waals surface area contributed by atoms with Crippen LogP contribution in [0.2, 0.25) is 5.02 Å². The average Bonchev–Trinajstić information content (AvgIpc) is 3.34. The van der Waals surface area contributed by atoms with Gasteiger partial charge in [-0.1, -0.05) is 11.6 Å². The average molecular weight is 501 g/mol. The SMILES string of the molecule is COC1COCC1N1CCN(c2cc3cc(NC(=O)C4CC45CCOCC5)ncc3cc2Cl)CC1. The zero-order chi connectivity index (χ0) is 24.0. The van der Waals surface area contributed by atoms with Crippen LogP contribution in [0, 0.1) is 11.3 Å². The Balaban J connectivity index is 1.14. The van der Waals surface area contributed by atoms with Crippen LogP contribution in [0.4, 0.5) is 11.5 Å². The summed E-state index contributed by atoms with van der Waals surface area (Å²) in [4.78, 5) is 22.2. The van der Waals surface area contributed by atoms with E-state index in [1.165, 1.54) is 0 Å². The fourth-order valence-corrected chi connectivity index (χ4v) is 6.40. The minimum Gasteiger partial charge on any atom is -0.381 e. The van der Waals surface area contributed by atoms with Crippen molar-refractivity contribution in [3.63, 3.8) is 0 Å². The van der Waals surface area contributed by atoms with Crippen LogP contribution in [0.3, 0.4) is 0 Å². The lowest BCUT2D eigenvalue weighted by Gasteiger charge is -2.40. The topological polar surface area (TPSA) is 76.2 Å². The number of hydrogen-bond acceptors (Lipinski definition) is 7. The van der Waals surface area contributed by atoms with Gasteiger partial charge in [-0.25, -0.2) is 4.98 Å². The third kappa shape index (κ3) is 4.51. The molecule has 3 unspecified atom stereocenters. The summed E-state index contributed by atoms with van der Waals surface area (Å²) in [5, 5.41) is 5.78. The fourth-order valence-electron chi connectivity index (χ4n) is 6.11. The van der Waals surface area contributed by atoms with E-state index < -0.39 is 0 Å². The molecule has 8 nitrogen and oxygen atoms in total. The van der Waals surface area contributed by atoms with Crippen molar-refractivity contribution in [2.24, 2.45) is 11.3 Å². The summed E-state index contributed by atoms with van der Waals surface area (Å²) in [6.07, 6.45) is 4.85. The van der Waals surface area contributed by atoms with Crippen LogP contribution in [0.25, 0.3) is 10.8 Å². The molecule has 3 atom stereocenters. The number of methoxy groups -OCH3 is 1. The first-order valence-electron chi connectivity index (χ1n) is 12.6. The van der Waals surface area contributed by atoms with Crippen molar-refractivity contribution in [3.8, 4) is 0 Å². The van der Waals surface area contributed by atoms with E-state index in [-0.39, 0.29) is 23.3 Å². The van der Waals surface area contributed by atoms with Crippen LogP contribution in [0.1, 0.15) is 19.3 Å². The predicted molar refractivity (Wildman–Crippen MR) is 135 cm³/mol. The van der Waals surface area contributed by atoms with Crippen molar-refractivity contribution in [2.45, 2.75) is 31.4 Å². The Hall–Kier alpha value is -1.97. The first-order chi connectivity index (χ1) is 17.1. The van der Waals surface area contributed by atoms with Gasteiger partial charge in [0.25, 0.3) is 0 Å². The van der Waals surface area contributed by atoms with Gasteiger partial charge in [-0.2, -0.15) is 0 Å². The summed E-state index contributed by atoms with van der Waals surface area (Å²) >= 11 is 6.70. The number of halogens is 1. The minimum atomic E-state index is 0.0731. The number of fused-ring (bicyclic) bond motifs is 1. The molecule has 6 rings (SSSR count). The molecule has 4 fully saturated rings. The summed E-state index contributed by atoms with van der Waals surface area (Å²) in [7, 11) is 1.76. The van der Waals surface area contributed by atoms with Gasteiger partial charge >= 0.3 is 0 Å². The third-order valence-electron chi connectivity index (χ3n) is 8.46. The van der Waals surface area contributed by atoms with E-state index in [0.717, 1.165) is 86.7 Å². The Labute approximate surface area is 210 Å². The maximum Gasteiger partial charge on any atom is 0.229 e. The minimum absolute atomic E-state index is 0.0731. The molecule has 0 radical (unpaired) electrons. The van der Waals surface area contributed by atoms with Gasteiger partial charge in [0.15, 0.2) is 0 Å². The molecule has 2 aromatic rings. The van der Waals surface area contributed by atoms with E-state index in [2.05, 4.69) is 26.2 Å². The van der Waals surface area contributed by atoms with Crippen molar-refractivity contribution >= 4 is 39.8 Å². The van der Waals surface area contributed by atoms with Crippen molar-refractivity contribution in [2.75, 3.05) is 69.9 Å². The maximum absolute atomic E-state index is 12.9. The van der Waals surface area contributed by atoms with E-state index >= 15 is 0 Å². The Morgan fingerprint density at radius 1 is 1.11 bits per heavy atom. The van der Waals surface area contributed by atoms with Crippen molar-refractivity contribution in [1.82, 2.24) is 9.88 Å². The molecule has 1 amide bonds. The van der Waals surface area contributed by atoms with Crippen LogP contribution in [-0.2, 0) is 19.0 Å². The molecule has 1 spiro atoms. The number of rotatable bonds is 5. The first kappa shape index (κ1) is 23.4. The molecular formula is C26H33ClN4O4. The number of hydrogen-bond donors (Lipinski definition) is 1. The molecule has 1 aliphatic carbocycles. The number of ether oxygens (including phenoxy) is 3. The van der Waals surface area contributed by atoms with Crippen molar-refractivity contribution in [3.05, 3.63) is 29.4 Å². The second-order valence-electron chi connectivity index (χ2n) is 10.3. The van der Waals surface area contributed by atoms with Gasteiger partial charge in [0.1, 0.15) is 5.82 Å². The summed E-state index contributed by atoms with van der Waals surface area (Å²) in [5.41, 5.74) is 1.17. The lowest BCUT2D eigenvalue weighted by atomic mass is 9.93. The number of aromatic nitrogens is 1. The molecule has 0 bridgehead atoms. The highest BCUT2D eigenvalue weighted by Crippen LogP contribution is 2.59. The summed E-state index contributed by atoms with van der Waals surface area (Å²) in [6, 6.07) is 6.37. The molecule has 188 valence electrons. The Morgan fingerprint density at radius 3 is 2.69 bits per heavy atom. The summed E-state index contributed by atoms with van der Waals surface area (Å²) < 4.78 is 16.7. The normalized spacial score (nSPS) is 28.5. The number of anilines is 2. The molecule has 4 aliphatic rings. The Morgan fingerprint density at radius 2 is 1.91 bits per heavy atom. The zero-order valence-electron chi connectivity index (χ0n) is 20.2. The molecule has 35 heavy (non-hydrogen) atoms. The van der Waals surface area contributed by atoms with Crippen LogP contribution in [0.15, 0.2) is 24.4 Å². The fraction of sp³-hybridized carbons (Fsp3) is 0.615. The second-order valence-corrected chi connectivity index (χ2v) is 10.8. The van der Waals surface area contributed by atoms with E-state index in [1.807, 2.05) is 12.1 Å². The molecule has 1 saturated carbocycles. The van der Waals surface area contributed by atoms with Crippen LogP contribution < -0.4 is 10.2 Å². The number of carbonyl (C=O) groups is 1. The standard InChI is InChI=1S/C26H33ClN4O4/c1-33-23-16-35-15-22(23)31-6-4-30(5-7-31)21-11-17-12-24(28-14-18(17)10-20(21)27)29-25(32)19-13-26(19)2-8-34-9-3-26/h10-12,14,19,22-23H,2-9,13,15-16H2,1H3,(H,28,29,32). The van der Waals surface area contributed by atoms with Crippen LogP contribution in [-0.4, -0.2) is 87.7 Å². The van der Waals surface area contributed by atoms with Gasteiger partial charge in [0.05, 0.1) is 36.1 Å². The Bertz CT molecular complexity index is 1100. The Kier molecular flexibility index (Phi) is 6.35. The number of amides is 1. The van der Waals surface area contributed by atoms with Gasteiger partial charge in [-0.05, 0) is 48.3 Å². The van der Waals surface area contributed by atoms with Crippen molar-refractivity contribution < 1.29 is 19.0 Å². The van der Waals surface area contributed by atoms with Gasteiger partial charge < -0.3 is 24.4 Å². The molecular weight excluding hydrogens is 468 g/mol. The first-order valence-corrected chi connectivity index (χ1v) is 13.0. The number of benzene rings is 1. The highest BCUT2D eigenvalue weighted by molar-refractivity contribution is 6.34. The summed E-state index contributed by atoms with van der Waals surface area (Å²) in [6.45, 7) is 6.57. The van der Waals surface area contributed by atoms with Gasteiger partial charge in [-0.15, -0.1) is 0 Å². The summed E-state index contributed by atoms with van der Waals surface area (Å²) in [5.74, 6) is 0.750. The largest absolute Gasteiger partial charge is 0.381 e. The number of nitrogens with one attached hydrogen (secondary N) is 1. The van der Waals surface area contributed by atoms with Crippen molar-refractivity contribution in [1.29, 1.82) is 0 Å². The van der Waals surface area contributed by atoms with E-state index in [9.17, 15) is 4.79 Å². The molecule has 9 heteroatoms. The lowest BCUT2D eigenvalue weighted by Crippen LogP contribution is -2.54. The zero-order valence-corrected chi connectivity index (χ0v) is 20.9. The highest BCUT2D eigenvalue weighted by atomic mass is 35.5. The van der Waals surface area contributed by atoms with Gasteiger partial charge in [0, 0.05) is 64.0 Å². The molecule has 3 aliphatic heterocycles. The van der Waals surface area contributed by atoms with Gasteiger partial charge in [0.2, 0.25) is 5.91 Å². The second kappa shape index (κ2) is 9.48. The molecule has 1 aromatic carbocycles. The maximum atomic E-state index is 12.9. The number of nitrogens with zero attached hydrogens (tertiary/aromatic N) is 3.